The van der Waals surface area contributed by atoms with E-state index < -0.39 is 22.9 Å². The summed E-state index contributed by atoms with van der Waals surface area (Å²) in [4.78, 5) is 11.2. The first-order valence-corrected chi connectivity index (χ1v) is 5.68. The maximum Gasteiger partial charge on any atom is 0.308 e. The van der Waals surface area contributed by atoms with Gasteiger partial charge in [0.05, 0.1) is 5.69 Å². The van der Waals surface area contributed by atoms with Crippen LogP contribution in [0.15, 0.2) is 29.1 Å². The van der Waals surface area contributed by atoms with Crippen molar-refractivity contribution >= 4 is 0 Å². The first kappa shape index (κ1) is 13.2. The number of hydrogen-bond donors (Lipinski definition) is 1. The molecule has 1 aromatic heterocycles. The van der Waals surface area contributed by atoms with E-state index in [2.05, 4.69) is 5.10 Å². The van der Waals surface area contributed by atoms with Crippen LogP contribution in [0, 0.1) is 11.6 Å². The molecule has 0 aliphatic heterocycles. The van der Waals surface area contributed by atoms with E-state index in [0.29, 0.717) is 5.69 Å². The SMILES string of the molecule is Cn1nc(CCc2c(F)cccc2F)cc(O)c1=O. The first-order chi connectivity index (χ1) is 8.99. The fourth-order valence-corrected chi connectivity index (χ4v) is 1.80. The molecule has 0 fully saturated rings. The third-order valence-corrected chi connectivity index (χ3v) is 2.79. The molecule has 1 N–H and O–H groups in total. The second-order valence-corrected chi connectivity index (χ2v) is 4.15. The highest BCUT2D eigenvalue weighted by Gasteiger charge is 2.10. The molecule has 2 rings (SSSR count). The summed E-state index contributed by atoms with van der Waals surface area (Å²) in [5.74, 6) is -1.66. The van der Waals surface area contributed by atoms with Gasteiger partial charge in [-0.25, -0.2) is 13.5 Å². The predicted molar refractivity (Wildman–Crippen MR) is 64.9 cm³/mol. The highest BCUT2D eigenvalue weighted by atomic mass is 19.1. The van der Waals surface area contributed by atoms with Gasteiger partial charge >= 0.3 is 5.56 Å². The van der Waals surface area contributed by atoms with Gasteiger partial charge in [0.25, 0.3) is 0 Å². The molecular weight excluding hydrogens is 254 g/mol. The van der Waals surface area contributed by atoms with E-state index in [0.717, 1.165) is 4.68 Å². The van der Waals surface area contributed by atoms with Crippen LogP contribution in [0.5, 0.6) is 5.75 Å². The normalized spacial score (nSPS) is 10.7. The fourth-order valence-electron chi connectivity index (χ4n) is 1.80. The molecule has 19 heavy (non-hydrogen) atoms. The summed E-state index contributed by atoms with van der Waals surface area (Å²) in [5.41, 5.74) is -0.249. The van der Waals surface area contributed by atoms with Crippen LogP contribution in [0.2, 0.25) is 0 Å². The fraction of sp³-hybridized carbons (Fsp3) is 0.231. The van der Waals surface area contributed by atoms with E-state index in [1.807, 2.05) is 0 Å². The third-order valence-electron chi connectivity index (χ3n) is 2.79. The van der Waals surface area contributed by atoms with Gasteiger partial charge in [-0.15, -0.1) is 0 Å². The maximum absolute atomic E-state index is 13.4. The molecule has 2 aromatic rings. The molecule has 4 nitrogen and oxygen atoms in total. The molecule has 0 bridgehead atoms. The van der Waals surface area contributed by atoms with Gasteiger partial charge in [-0.2, -0.15) is 5.10 Å². The van der Waals surface area contributed by atoms with Crippen molar-refractivity contribution in [1.82, 2.24) is 9.78 Å². The van der Waals surface area contributed by atoms with Crippen molar-refractivity contribution in [1.29, 1.82) is 0 Å². The monoisotopic (exact) mass is 266 g/mol. The number of benzene rings is 1. The Balaban J connectivity index is 2.22. The van der Waals surface area contributed by atoms with Gasteiger partial charge in [-0.3, -0.25) is 4.79 Å². The highest BCUT2D eigenvalue weighted by molar-refractivity contribution is 5.23. The zero-order chi connectivity index (χ0) is 14.0. The molecule has 1 heterocycles. The summed E-state index contributed by atoms with van der Waals surface area (Å²) in [6, 6.07) is 4.87. The summed E-state index contributed by atoms with van der Waals surface area (Å²) >= 11 is 0. The van der Waals surface area contributed by atoms with Gasteiger partial charge in [0.2, 0.25) is 0 Å². The molecular formula is C13H12F2N2O2. The van der Waals surface area contributed by atoms with Crippen molar-refractivity contribution in [3.8, 4) is 5.75 Å². The van der Waals surface area contributed by atoms with E-state index in [1.54, 1.807) is 0 Å². The van der Waals surface area contributed by atoms with Crippen LogP contribution in [0.4, 0.5) is 8.78 Å². The van der Waals surface area contributed by atoms with Crippen molar-refractivity contribution in [3.05, 3.63) is 57.5 Å². The minimum atomic E-state index is -0.617. The number of hydrogen-bond acceptors (Lipinski definition) is 3. The third kappa shape index (κ3) is 2.78. The molecule has 0 spiro atoms. The zero-order valence-corrected chi connectivity index (χ0v) is 10.2. The van der Waals surface area contributed by atoms with Crippen LogP contribution in [-0.2, 0) is 19.9 Å². The Labute approximate surface area is 107 Å². The molecule has 0 aliphatic carbocycles. The number of aryl methyl sites for hydroxylation is 2. The lowest BCUT2D eigenvalue weighted by atomic mass is 10.1. The van der Waals surface area contributed by atoms with Crippen LogP contribution in [0.1, 0.15) is 11.3 Å². The van der Waals surface area contributed by atoms with Crippen molar-refractivity contribution in [2.75, 3.05) is 0 Å². The molecule has 0 aliphatic rings. The topological polar surface area (TPSA) is 55.1 Å². The van der Waals surface area contributed by atoms with Crippen LogP contribution in [0.25, 0.3) is 0 Å². The number of rotatable bonds is 3. The van der Waals surface area contributed by atoms with E-state index in [-0.39, 0.29) is 18.4 Å². The van der Waals surface area contributed by atoms with E-state index in [4.69, 9.17) is 0 Å². The Morgan fingerprint density at radius 1 is 1.26 bits per heavy atom. The van der Waals surface area contributed by atoms with Gasteiger partial charge in [-0.05, 0) is 25.0 Å². The van der Waals surface area contributed by atoms with Gasteiger partial charge in [0, 0.05) is 18.7 Å². The van der Waals surface area contributed by atoms with Gasteiger partial charge < -0.3 is 5.11 Å². The van der Waals surface area contributed by atoms with Gasteiger partial charge in [0.15, 0.2) is 5.75 Å². The van der Waals surface area contributed by atoms with Crippen molar-refractivity contribution < 1.29 is 13.9 Å². The summed E-state index contributed by atoms with van der Waals surface area (Å²) in [6.45, 7) is 0. The zero-order valence-electron chi connectivity index (χ0n) is 10.2. The lowest BCUT2D eigenvalue weighted by Gasteiger charge is -2.06. The predicted octanol–water partition coefficient (Wildman–Crippen LogP) is 1.55. The number of aromatic hydroxyl groups is 1. The Bertz CT molecular complexity index is 622. The number of halogens is 2. The van der Waals surface area contributed by atoms with Gasteiger partial charge in [0.1, 0.15) is 11.6 Å². The van der Waals surface area contributed by atoms with E-state index in [1.165, 1.54) is 31.3 Å². The Kier molecular flexibility index (Phi) is 3.59. The lowest BCUT2D eigenvalue weighted by molar-refractivity contribution is 0.451. The Morgan fingerprint density at radius 3 is 2.47 bits per heavy atom. The van der Waals surface area contributed by atoms with Gasteiger partial charge in [-0.1, -0.05) is 6.07 Å². The quantitative estimate of drug-likeness (QED) is 0.917. The minimum Gasteiger partial charge on any atom is -0.503 e. The molecule has 0 unspecified atom stereocenters. The van der Waals surface area contributed by atoms with Crippen molar-refractivity contribution in [2.24, 2.45) is 7.05 Å². The largest absolute Gasteiger partial charge is 0.503 e. The van der Waals surface area contributed by atoms with Crippen molar-refractivity contribution in [3.63, 3.8) is 0 Å². The minimum absolute atomic E-state index is 0.0300. The first-order valence-electron chi connectivity index (χ1n) is 5.68. The molecule has 6 heteroatoms. The molecule has 0 saturated heterocycles. The standard InChI is InChI=1S/C13H12F2N2O2/c1-17-13(19)12(18)7-8(16-17)5-6-9-10(14)3-2-4-11(9)15/h2-4,7,18H,5-6H2,1H3. The summed E-state index contributed by atoms with van der Waals surface area (Å²) in [6.07, 6.45) is 0.322. The number of nitrogens with zero attached hydrogens (tertiary/aromatic N) is 2. The number of aromatic nitrogens is 2. The summed E-state index contributed by atoms with van der Waals surface area (Å²) in [7, 11) is 1.40. The van der Waals surface area contributed by atoms with Crippen LogP contribution in [-0.4, -0.2) is 14.9 Å². The summed E-state index contributed by atoms with van der Waals surface area (Å²) in [5, 5.41) is 13.3. The smallest absolute Gasteiger partial charge is 0.308 e. The second-order valence-electron chi connectivity index (χ2n) is 4.15. The van der Waals surface area contributed by atoms with E-state index >= 15 is 0 Å². The highest BCUT2D eigenvalue weighted by Crippen LogP contribution is 2.15. The van der Waals surface area contributed by atoms with Crippen molar-refractivity contribution in [2.45, 2.75) is 12.8 Å². The average Bonchev–Trinajstić information content (AvgIpc) is 2.35. The Morgan fingerprint density at radius 2 is 1.89 bits per heavy atom. The molecule has 0 radical (unpaired) electrons. The van der Waals surface area contributed by atoms with Crippen LogP contribution >= 0.6 is 0 Å². The molecule has 0 atom stereocenters. The van der Waals surface area contributed by atoms with Crippen LogP contribution < -0.4 is 5.56 Å². The maximum atomic E-state index is 13.4. The Hall–Kier alpha value is -2.24. The molecule has 0 amide bonds. The molecule has 100 valence electrons. The van der Waals surface area contributed by atoms with E-state index in [9.17, 15) is 18.7 Å². The second kappa shape index (κ2) is 5.17. The summed E-state index contributed by atoms with van der Waals surface area (Å²) < 4.78 is 27.8. The molecule has 1 aromatic carbocycles. The lowest BCUT2D eigenvalue weighted by Crippen LogP contribution is -2.20. The average molecular weight is 266 g/mol. The molecule has 0 saturated carbocycles. The van der Waals surface area contributed by atoms with Crippen LogP contribution in [0.3, 0.4) is 0 Å².